The smallest absolute Gasteiger partial charge is 0.319 e. The van der Waals surface area contributed by atoms with Gasteiger partial charge >= 0.3 is 5.97 Å². The molecule has 4 fully saturated rings. The molecular weight excluding hydrogens is 292 g/mol. The molecule has 1 saturated heterocycles. The maximum absolute atomic E-state index is 12.6. The number of rotatable bonds is 1. The van der Waals surface area contributed by atoms with E-state index >= 15 is 0 Å². The molecule has 4 nitrogen and oxygen atoms in total. The molecule has 7 atom stereocenters. The molecule has 0 aromatic rings. The lowest BCUT2D eigenvalue weighted by atomic mass is 9.44. The Kier molecular flexibility index (Phi) is 3.00. The van der Waals surface area contributed by atoms with Crippen molar-refractivity contribution in [1.82, 2.24) is 0 Å². The molecule has 2 N–H and O–H groups in total. The van der Waals surface area contributed by atoms with Crippen molar-refractivity contribution in [2.24, 2.45) is 22.7 Å². The molecule has 23 heavy (non-hydrogen) atoms. The Balaban J connectivity index is 1.85. The molecule has 1 spiro atoms. The molecule has 0 unspecified atom stereocenters. The Hall–Kier alpha value is -1.13. The van der Waals surface area contributed by atoms with Gasteiger partial charge in [0.25, 0.3) is 0 Å². The molecule has 0 radical (unpaired) electrons. The Morgan fingerprint density at radius 1 is 1.35 bits per heavy atom. The fourth-order valence-corrected chi connectivity index (χ4v) is 6.33. The first-order chi connectivity index (χ1) is 10.8. The molecule has 4 aliphatic rings. The average Bonchev–Trinajstić information content (AvgIpc) is 2.65. The number of hydrogen-bond acceptors (Lipinski definition) is 4. The van der Waals surface area contributed by atoms with Crippen LogP contribution in [0.3, 0.4) is 0 Å². The molecule has 0 amide bonds. The van der Waals surface area contributed by atoms with E-state index in [9.17, 15) is 15.0 Å². The number of allylic oxidation sites excluding steroid dienone is 1. The molecule has 126 valence electrons. The van der Waals surface area contributed by atoms with E-state index in [1.54, 1.807) is 0 Å². The van der Waals surface area contributed by atoms with Gasteiger partial charge in [0, 0.05) is 5.92 Å². The van der Waals surface area contributed by atoms with Crippen LogP contribution < -0.4 is 0 Å². The van der Waals surface area contributed by atoms with E-state index in [-0.39, 0.29) is 17.3 Å². The zero-order valence-corrected chi connectivity index (χ0v) is 13.8. The number of carbonyl (C=O) groups is 1. The van der Waals surface area contributed by atoms with Gasteiger partial charge in [0.1, 0.15) is 11.5 Å². The molecule has 4 rings (SSSR count). The summed E-state index contributed by atoms with van der Waals surface area (Å²) in [5.41, 5.74) is -1.10. The van der Waals surface area contributed by atoms with E-state index in [4.69, 9.17) is 4.74 Å². The van der Waals surface area contributed by atoms with Crippen molar-refractivity contribution in [3.63, 3.8) is 0 Å². The van der Waals surface area contributed by atoms with Gasteiger partial charge in [0.15, 0.2) is 5.60 Å². The number of aliphatic hydroxyl groups is 2. The third-order valence-corrected chi connectivity index (χ3v) is 7.60. The molecule has 3 saturated carbocycles. The van der Waals surface area contributed by atoms with Crippen molar-refractivity contribution in [2.75, 3.05) is 0 Å². The highest BCUT2D eigenvalue weighted by atomic mass is 16.6. The number of esters is 1. The monoisotopic (exact) mass is 318 g/mol. The Morgan fingerprint density at radius 3 is 2.78 bits per heavy atom. The lowest BCUT2D eigenvalue weighted by molar-refractivity contribution is -0.241. The van der Waals surface area contributed by atoms with Gasteiger partial charge in [-0.15, -0.1) is 6.58 Å². The third kappa shape index (κ3) is 1.52. The van der Waals surface area contributed by atoms with Gasteiger partial charge in [-0.05, 0) is 49.9 Å². The molecule has 2 bridgehead atoms. The Morgan fingerprint density at radius 2 is 2.09 bits per heavy atom. The molecular formula is C19H26O4. The zero-order valence-electron chi connectivity index (χ0n) is 13.8. The van der Waals surface area contributed by atoms with Gasteiger partial charge in [-0.3, -0.25) is 4.79 Å². The van der Waals surface area contributed by atoms with Crippen molar-refractivity contribution in [1.29, 1.82) is 0 Å². The van der Waals surface area contributed by atoms with E-state index in [1.807, 2.05) is 0 Å². The van der Waals surface area contributed by atoms with Gasteiger partial charge < -0.3 is 14.9 Å². The Bertz CT molecular complexity index is 598. The van der Waals surface area contributed by atoms with Crippen LogP contribution in [0.25, 0.3) is 0 Å². The van der Waals surface area contributed by atoms with E-state index in [0.29, 0.717) is 12.8 Å². The van der Waals surface area contributed by atoms with Crippen LogP contribution >= 0.6 is 0 Å². The van der Waals surface area contributed by atoms with E-state index in [2.05, 4.69) is 20.1 Å². The van der Waals surface area contributed by atoms with Crippen LogP contribution in [-0.2, 0) is 9.53 Å². The van der Waals surface area contributed by atoms with Gasteiger partial charge in [-0.2, -0.15) is 0 Å². The van der Waals surface area contributed by atoms with Crippen LogP contribution in [0.15, 0.2) is 24.8 Å². The first-order valence-corrected chi connectivity index (χ1v) is 8.74. The van der Waals surface area contributed by atoms with Crippen molar-refractivity contribution in [2.45, 2.75) is 63.3 Å². The molecule has 1 heterocycles. The van der Waals surface area contributed by atoms with E-state index < -0.39 is 29.2 Å². The van der Waals surface area contributed by atoms with Crippen molar-refractivity contribution < 1.29 is 19.7 Å². The lowest BCUT2D eigenvalue weighted by Crippen LogP contribution is -2.69. The number of carbonyl (C=O) groups excluding carboxylic acids is 1. The fourth-order valence-electron chi connectivity index (χ4n) is 6.33. The predicted octanol–water partition coefficient (Wildman–Crippen LogP) is 2.35. The average molecular weight is 318 g/mol. The SMILES string of the molecule is C=C[C@]12CC[C@@H]3[C@@]4(C)CCCC(=C)[C@@H]4C[C@H](O)[C@@]3(OC1=O)[C@@H]2O. The summed E-state index contributed by atoms with van der Waals surface area (Å²) >= 11 is 0. The third-order valence-electron chi connectivity index (χ3n) is 7.60. The second-order valence-electron chi connectivity index (χ2n) is 8.30. The van der Waals surface area contributed by atoms with Crippen molar-refractivity contribution in [3.8, 4) is 0 Å². The zero-order chi connectivity index (χ0) is 16.6. The van der Waals surface area contributed by atoms with Gasteiger partial charge in [-0.1, -0.05) is 25.2 Å². The number of hydrogen-bond donors (Lipinski definition) is 2. The Labute approximate surface area is 137 Å². The summed E-state index contributed by atoms with van der Waals surface area (Å²) in [4.78, 5) is 12.6. The van der Waals surface area contributed by atoms with E-state index in [1.165, 1.54) is 11.6 Å². The summed E-state index contributed by atoms with van der Waals surface area (Å²) in [6.45, 7) is 10.2. The minimum atomic E-state index is -1.17. The first kappa shape index (κ1) is 15.4. The van der Waals surface area contributed by atoms with Crippen molar-refractivity contribution in [3.05, 3.63) is 24.8 Å². The molecule has 4 heteroatoms. The van der Waals surface area contributed by atoms with Crippen molar-refractivity contribution >= 4 is 5.97 Å². The highest BCUT2D eigenvalue weighted by molar-refractivity contribution is 5.84. The minimum Gasteiger partial charge on any atom is -0.452 e. The van der Waals surface area contributed by atoms with Gasteiger partial charge in [0.2, 0.25) is 0 Å². The van der Waals surface area contributed by atoms with Gasteiger partial charge in [-0.25, -0.2) is 0 Å². The molecule has 1 aliphatic heterocycles. The first-order valence-electron chi connectivity index (χ1n) is 8.74. The standard InChI is InChI=1S/C19H26O4/c1-4-18-9-7-13-17(3)8-5-6-11(2)12(17)10-14(20)19(13,15(18)21)23-16(18)22/h4,12-15,20-21H,1-2,5-10H2,3H3/t12-,13+,14-,15+,17-,18+,19+/m0/s1. The molecule has 0 aromatic heterocycles. The molecule has 0 aromatic carbocycles. The largest absolute Gasteiger partial charge is 0.452 e. The quantitative estimate of drug-likeness (QED) is 0.575. The highest BCUT2D eigenvalue weighted by Gasteiger charge is 2.76. The molecule has 3 aliphatic carbocycles. The summed E-state index contributed by atoms with van der Waals surface area (Å²) in [5.74, 6) is -0.210. The maximum atomic E-state index is 12.6. The topological polar surface area (TPSA) is 66.8 Å². The summed E-state index contributed by atoms with van der Waals surface area (Å²) in [6, 6.07) is 0. The minimum absolute atomic E-state index is 0.0321. The van der Waals surface area contributed by atoms with Crippen LogP contribution in [0.1, 0.15) is 45.4 Å². The lowest BCUT2D eigenvalue weighted by Gasteiger charge is -2.61. The predicted molar refractivity (Wildman–Crippen MR) is 85.4 cm³/mol. The highest BCUT2D eigenvalue weighted by Crippen LogP contribution is 2.67. The van der Waals surface area contributed by atoms with Gasteiger partial charge in [0.05, 0.1) is 6.10 Å². The second-order valence-corrected chi connectivity index (χ2v) is 8.30. The number of aliphatic hydroxyl groups excluding tert-OH is 2. The van der Waals surface area contributed by atoms with Crippen LogP contribution in [0.4, 0.5) is 0 Å². The summed E-state index contributed by atoms with van der Waals surface area (Å²) in [5, 5.41) is 22.0. The summed E-state index contributed by atoms with van der Waals surface area (Å²) in [6.07, 6.45) is 4.62. The van der Waals surface area contributed by atoms with Crippen LogP contribution in [-0.4, -0.2) is 34.0 Å². The van der Waals surface area contributed by atoms with Crippen LogP contribution in [0.2, 0.25) is 0 Å². The fraction of sp³-hybridized carbons (Fsp3) is 0.737. The second kappa shape index (κ2) is 4.48. The van der Waals surface area contributed by atoms with E-state index in [0.717, 1.165) is 25.7 Å². The number of ether oxygens (including phenoxy) is 1. The summed E-state index contributed by atoms with van der Waals surface area (Å²) < 4.78 is 5.81. The number of fused-ring (bicyclic) bond motifs is 3. The van der Waals surface area contributed by atoms with Crippen LogP contribution in [0, 0.1) is 22.7 Å². The van der Waals surface area contributed by atoms with Crippen LogP contribution in [0.5, 0.6) is 0 Å². The normalized spacial score (nSPS) is 54.9. The summed E-state index contributed by atoms with van der Waals surface area (Å²) in [7, 11) is 0. The maximum Gasteiger partial charge on any atom is 0.319 e.